The quantitative estimate of drug-likeness (QED) is 0.722. The van der Waals surface area contributed by atoms with Crippen molar-refractivity contribution in [1.82, 2.24) is 4.90 Å². The molecule has 0 aliphatic heterocycles. The fourth-order valence-electron chi connectivity index (χ4n) is 2.91. The van der Waals surface area contributed by atoms with Crippen molar-refractivity contribution in [2.24, 2.45) is 0 Å². The number of rotatable bonds is 6. The van der Waals surface area contributed by atoms with Crippen LogP contribution in [0, 0.1) is 0 Å². The summed E-state index contributed by atoms with van der Waals surface area (Å²) in [6.45, 7) is 2.62. The van der Waals surface area contributed by atoms with Gasteiger partial charge in [-0.2, -0.15) is 0 Å². The zero-order valence-electron chi connectivity index (χ0n) is 15.4. The number of benzene rings is 3. The molecule has 3 rings (SSSR count). The molecule has 0 spiro atoms. The van der Waals surface area contributed by atoms with Crippen LogP contribution in [-0.2, 0) is 11.3 Å². The summed E-state index contributed by atoms with van der Waals surface area (Å²) in [4.78, 5) is 14.6. The fourth-order valence-corrected chi connectivity index (χ4v) is 2.91. The highest BCUT2D eigenvalue weighted by molar-refractivity contribution is 5.94. The Kier molecular flexibility index (Phi) is 5.54. The van der Waals surface area contributed by atoms with Gasteiger partial charge in [0.05, 0.1) is 13.2 Å². The van der Waals surface area contributed by atoms with E-state index in [0.717, 1.165) is 11.4 Å². The van der Waals surface area contributed by atoms with Crippen LogP contribution in [0.4, 0.5) is 5.69 Å². The van der Waals surface area contributed by atoms with Crippen LogP contribution in [-0.4, -0.2) is 31.0 Å². The summed E-state index contributed by atoms with van der Waals surface area (Å²) in [5, 5.41) is 5.39. The number of carbonyl (C=O) groups is 1. The third kappa shape index (κ3) is 4.21. The Bertz CT molecular complexity index is 907. The highest BCUT2D eigenvalue weighted by atomic mass is 16.5. The molecule has 3 aromatic rings. The first kappa shape index (κ1) is 18.0. The van der Waals surface area contributed by atoms with Crippen LogP contribution in [0.3, 0.4) is 0 Å². The number of carbonyl (C=O) groups excluding carboxylic acids is 1. The summed E-state index contributed by atoms with van der Waals surface area (Å²) < 4.78 is 5.20. The van der Waals surface area contributed by atoms with Gasteiger partial charge in [-0.25, -0.2) is 0 Å². The van der Waals surface area contributed by atoms with Crippen molar-refractivity contribution in [3.05, 3.63) is 72.3 Å². The zero-order valence-corrected chi connectivity index (χ0v) is 15.4. The second kappa shape index (κ2) is 8.02. The van der Waals surface area contributed by atoms with Crippen LogP contribution in [0.25, 0.3) is 10.8 Å². The average Bonchev–Trinajstić information content (AvgIpc) is 2.67. The molecule has 0 bridgehead atoms. The second-order valence-corrected chi connectivity index (χ2v) is 6.49. The lowest BCUT2D eigenvalue weighted by atomic mass is 10.1. The summed E-state index contributed by atoms with van der Waals surface area (Å²) in [6.07, 6.45) is 0. The van der Waals surface area contributed by atoms with E-state index in [-0.39, 0.29) is 11.9 Å². The van der Waals surface area contributed by atoms with Crippen molar-refractivity contribution in [3.8, 4) is 5.75 Å². The van der Waals surface area contributed by atoms with Gasteiger partial charge < -0.3 is 10.1 Å². The topological polar surface area (TPSA) is 41.6 Å². The fraction of sp³-hybridized carbons (Fsp3) is 0.227. The smallest absolute Gasteiger partial charge is 0.241 e. The second-order valence-electron chi connectivity index (χ2n) is 6.49. The van der Waals surface area contributed by atoms with Crippen molar-refractivity contribution in [2.45, 2.75) is 19.5 Å². The molecule has 0 fully saturated rings. The van der Waals surface area contributed by atoms with Gasteiger partial charge >= 0.3 is 0 Å². The highest BCUT2D eigenvalue weighted by Crippen LogP contribution is 2.19. The van der Waals surface area contributed by atoms with Crippen molar-refractivity contribution < 1.29 is 9.53 Å². The lowest BCUT2D eigenvalue weighted by Gasteiger charge is -2.24. The number of hydrogen-bond acceptors (Lipinski definition) is 3. The highest BCUT2D eigenvalue weighted by Gasteiger charge is 2.18. The number of nitrogens with zero attached hydrogens (tertiary/aromatic N) is 1. The van der Waals surface area contributed by atoms with Crippen molar-refractivity contribution in [1.29, 1.82) is 0 Å². The van der Waals surface area contributed by atoms with Crippen LogP contribution in [0.15, 0.2) is 66.7 Å². The minimum atomic E-state index is -0.257. The molecule has 4 nitrogen and oxygen atoms in total. The Morgan fingerprint density at radius 3 is 2.58 bits per heavy atom. The minimum absolute atomic E-state index is 0.0402. The molecule has 26 heavy (non-hydrogen) atoms. The molecule has 1 atom stereocenters. The summed E-state index contributed by atoms with van der Waals surface area (Å²) in [5.74, 6) is 0.682. The van der Waals surface area contributed by atoms with E-state index in [1.165, 1.54) is 16.3 Å². The molecule has 0 saturated heterocycles. The molecule has 0 aromatic heterocycles. The number of hydrogen-bond donors (Lipinski definition) is 1. The predicted octanol–water partition coefficient (Wildman–Crippen LogP) is 4.31. The first-order valence-electron chi connectivity index (χ1n) is 8.69. The molecule has 0 heterocycles. The van der Waals surface area contributed by atoms with E-state index in [1.807, 2.05) is 55.3 Å². The number of likely N-dealkylation sites (N-methyl/N-ethyl adjacent to an activating group) is 1. The molecule has 4 heteroatoms. The van der Waals surface area contributed by atoms with Gasteiger partial charge in [-0.1, -0.05) is 42.5 Å². The van der Waals surface area contributed by atoms with Crippen LogP contribution in [0.5, 0.6) is 5.75 Å². The van der Waals surface area contributed by atoms with E-state index in [1.54, 1.807) is 7.11 Å². The van der Waals surface area contributed by atoms with Gasteiger partial charge in [-0.15, -0.1) is 0 Å². The molecule has 0 unspecified atom stereocenters. The Morgan fingerprint density at radius 1 is 1.04 bits per heavy atom. The molecule has 134 valence electrons. The van der Waals surface area contributed by atoms with Crippen molar-refractivity contribution in [3.63, 3.8) is 0 Å². The van der Waals surface area contributed by atoms with Crippen LogP contribution >= 0.6 is 0 Å². The van der Waals surface area contributed by atoms with Crippen molar-refractivity contribution in [2.75, 3.05) is 19.5 Å². The van der Waals surface area contributed by atoms with Gasteiger partial charge in [0.2, 0.25) is 5.91 Å². The van der Waals surface area contributed by atoms with Crippen molar-refractivity contribution >= 4 is 22.4 Å². The molecule has 0 aliphatic carbocycles. The first-order chi connectivity index (χ1) is 12.6. The van der Waals surface area contributed by atoms with Crippen LogP contribution in [0.2, 0.25) is 0 Å². The lowest BCUT2D eigenvalue weighted by molar-refractivity contribution is -0.120. The Morgan fingerprint density at radius 2 is 1.81 bits per heavy atom. The van der Waals surface area contributed by atoms with E-state index in [0.29, 0.717) is 6.54 Å². The Labute approximate surface area is 154 Å². The number of nitrogens with one attached hydrogen (secondary N) is 1. The van der Waals surface area contributed by atoms with Gasteiger partial charge in [0.25, 0.3) is 0 Å². The molecule has 0 saturated carbocycles. The third-order valence-electron chi connectivity index (χ3n) is 4.62. The normalized spacial score (nSPS) is 12.2. The summed E-state index contributed by atoms with van der Waals surface area (Å²) in [7, 11) is 3.58. The molecule has 3 aromatic carbocycles. The number of amides is 1. The van der Waals surface area contributed by atoms with E-state index < -0.39 is 0 Å². The maximum absolute atomic E-state index is 12.6. The summed E-state index contributed by atoms with van der Waals surface area (Å²) >= 11 is 0. The summed E-state index contributed by atoms with van der Waals surface area (Å²) in [6, 6.07) is 21.8. The lowest BCUT2D eigenvalue weighted by Crippen LogP contribution is -2.39. The molecule has 1 amide bonds. The number of fused-ring (bicyclic) bond motifs is 1. The maximum atomic E-state index is 12.6. The molecule has 0 aliphatic rings. The van der Waals surface area contributed by atoms with E-state index >= 15 is 0 Å². The molecular weight excluding hydrogens is 324 g/mol. The van der Waals surface area contributed by atoms with E-state index in [9.17, 15) is 4.79 Å². The average molecular weight is 348 g/mol. The number of ether oxygens (including phenoxy) is 1. The first-order valence-corrected chi connectivity index (χ1v) is 8.69. The largest absolute Gasteiger partial charge is 0.497 e. The van der Waals surface area contributed by atoms with Crippen LogP contribution in [0.1, 0.15) is 12.5 Å². The van der Waals surface area contributed by atoms with E-state index in [2.05, 4.69) is 35.6 Å². The monoisotopic (exact) mass is 348 g/mol. The van der Waals surface area contributed by atoms with Gasteiger partial charge in [-0.05, 0) is 48.5 Å². The van der Waals surface area contributed by atoms with Gasteiger partial charge in [0.15, 0.2) is 0 Å². The summed E-state index contributed by atoms with van der Waals surface area (Å²) in [5.41, 5.74) is 1.92. The predicted molar refractivity (Wildman–Crippen MR) is 107 cm³/mol. The molecular formula is C22H24N2O2. The SMILES string of the molecule is COc1cccc(NC(=O)[C@@H](C)N(C)Cc2ccc3ccccc3c2)c1. The van der Waals surface area contributed by atoms with Gasteiger partial charge in [-0.3, -0.25) is 9.69 Å². The number of methoxy groups -OCH3 is 1. The van der Waals surface area contributed by atoms with Gasteiger partial charge in [0.1, 0.15) is 5.75 Å². The van der Waals surface area contributed by atoms with Gasteiger partial charge in [0, 0.05) is 18.3 Å². The third-order valence-corrected chi connectivity index (χ3v) is 4.62. The maximum Gasteiger partial charge on any atom is 0.241 e. The van der Waals surface area contributed by atoms with E-state index in [4.69, 9.17) is 4.74 Å². The zero-order chi connectivity index (χ0) is 18.5. The Hall–Kier alpha value is -2.85. The minimum Gasteiger partial charge on any atom is -0.497 e. The van der Waals surface area contributed by atoms with Crippen LogP contribution < -0.4 is 10.1 Å². The standard InChI is InChI=1S/C22H24N2O2/c1-16(22(25)23-20-9-6-10-21(14-20)26-3)24(2)15-17-11-12-18-7-4-5-8-19(18)13-17/h4-14,16H,15H2,1-3H3,(H,23,25)/t16-/m1/s1. The number of anilines is 1. The Balaban J connectivity index is 1.65. The molecule has 1 N–H and O–H groups in total. The molecule has 0 radical (unpaired) electrons.